The van der Waals surface area contributed by atoms with Gasteiger partial charge in [-0.2, -0.15) is 5.26 Å². The van der Waals surface area contributed by atoms with Crippen molar-refractivity contribution < 1.29 is 9.18 Å². The highest BCUT2D eigenvalue weighted by atomic mass is 19.1. The lowest BCUT2D eigenvalue weighted by Gasteiger charge is -2.06. The first-order valence-corrected chi connectivity index (χ1v) is 6.67. The number of amides is 1. The zero-order valence-corrected chi connectivity index (χ0v) is 11.5. The van der Waals surface area contributed by atoms with E-state index in [1.807, 2.05) is 12.1 Å². The first-order chi connectivity index (χ1) is 10.2. The molecule has 4 heteroatoms. The summed E-state index contributed by atoms with van der Waals surface area (Å²) in [7, 11) is 0. The number of nitrogens with one attached hydrogen (secondary N) is 1. The number of nitriles is 1. The third-order valence-corrected chi connectivity index (χ3v) is 3.05. The number of nitrogens with zero attached hydrogens (tertiary/aromatic N) is 1. The van der Waals surface area contributed by atoms with Gasteiger partial charge in [0.05, 0.1) is 12.5 Å². The van der Waals surface area contributed by atoms with Crippen molar-refractivity contribution in [2.75, 3.05) is 5.32 Å². The van der Waals surface area contributed by atoms with Gasteiger partial charge in [-0.25, -0.2) is 4.39 Å². The topological polar surface area (TPSA) is 52.9 Å². The maximum absolute atomic E-state index is 13.0. The van der Waals surface area contributed by atoms with Crippen molar-refractivity contribution in [1.29, 1.82) is 5.26 Å². The summed E-state index contributed by atoms with van der Waals surface area (Å²) in [6.45, 7) is 0. The Morgan fingerprint density at radius 2 is 1.90 bits per heavy atom. The second-order valence-corrected chi connectivity index (χ2v) is 4.71. The molecule has 106 valence electrons. The monoisotopic (exact) mass is 282 g/mol. The molecule has 2 rings (SSSR count). The fourth-order valence-corrected chi connectivity index (χ4v) is 1.97. The first kappa shape index (κ1) is 14.7. The van der Waals surface area contributed by atoms with Crippen molar-refractivity contribution in [3.8, 4) is 6.07 Å². The maximum Gasteiger partial charge on any atom is 0.224 e. The van der Waals surface area contributed by atoms with Crippen LogP contribution in [-0.4, -0.2) is 5.91 Å². The zero-order chi connectivity index (χ0) is 15.1. The first-order valence-electron chi connectivity index (χ1n) is 6.67. The van der Waals surface area contributed by atoms with Crippen molar-refractivity contribution in [3.63, 3.8) is 0 Å². The van der Waals surface area contributed by atoms with Crippen molar-refractivity contribution in [3.05, 3.63) is 65.5 Å². The highest BCUT2D eigenvalue weighted by Crippen LogP contribution is 2.11. The van der Waals surface area contributed by atoms with Crippen LogP contribution in [0.15, 0.2) is 48.5 Å². The van der Waals surface area contributed by atoms with Gasteiger partial charge in [-0.15, -0.1) is 0 Å². The Bertz CT molecular complexity index is 659. The molecule has 21 heavy (non-hydrogen) atoms. The molecule has 1 amide bonds. The third-order valence-electron chi connectivity index (χ3n) is 3.05. The van der Waals surface area contributed by atoms with Crippen molar-refractivity contribution >= 4 is 11.6 Å². The summed E-state index contributed by atoms with van der Waals surface area (Å²) in [5.74, 6) is -0.409. The molecule has 2 aromatic carbocycles. The van der Waals surface area contributed by atoms with Gasteiger partial charge in [0, 0.05) is 12.1 Å². The van der Waals surface area contributed by atoms with E-state index in [4.69, 9.17) is 5.26 Å². The smallest absolute Gasteiger partial charge is 0.224 e. The molecule has 2 aromatic rings. The van der Waals surface area contributed by atoms with Crippen LogP contribution in [0.5, 0.6) is 0 Å². The molecule has 3 nitrogen and oxygen atoms in total. The van der Waals surface area contributed by atoms with Gasteiger partial charge in [0.1, 0.15) is 5.82 Å². The summed E-state index contributed by atoms with van der Waals surface area (Å²) in [5, 5.41) is 11.4. The van der Waals surface area contributed by atoms with E-state index in [2.05, 4.69) is 11.4 Å². The number of halogens is 1. The molecule has 0 atom stereocenters. The molecular weight excluding hydrogens is 267 g/mol. The van der Waals surface area contributed by atoms with Crippen LogP contribution in [0, 0.1) is 17.1 Å². The lowest BCUT2D eigenvalue weighted by Crippen LogP contribution is -2.12. The molecule has 0 saturated heterocycles. The van der Waals surface area contributed by atoms with E-state index in [0.717, 1.165) is 11.1 Å². The SMILES string of the molecule is N#CCc1ccc(NC(=O)CCc2cccc(F)c2)cc1. The van der Waals surface area contributed by atoms with E-state index >= 15 is 0 Å². The predicted octanol–water partition coefficient (Wildman–Crippen LogP) is 3.46. The highest BCUT2D eigenvalue weighted by Gasteiger charge is 2.04. The Morgan fingerprint density at radius 3 is 2.57 bits per heavy atom. The van der Waals surface area contributed by atoms with Gasteiger partial charge in [0.25, 0.3) is 0 Å². The van der Waals surface area contributed by atoms with Gasteiger partial charge in [-0.05, 0) is 41.8 Å². The van der Waals surface area contributed by atoms with E-state index in [1.54, 1.807) is 24.3 Å². The van der Waals surface area contributed by atoms with Crippen molar-refractivity contribution in [2.24, 2.45) is 0 Å². The Labute approximate surface area is 123 Å². The van der Waals surface area contributed by atoms with Crippen LogP contribution >= 0.6 is 0 Å². The quantitative estimate of drug-likeness (QED) is 0.913. The zero-order valence-electron chi connectivity index (χ0n) is 11.5. The Hall–Kier alpha value is -2.67. The summed E-state index contributed by atoms with van der Waals surface area (Å²) < 4.78 is 13.0. The van der Waals surface area contributed by atoms with Gasteiger partial charge in [0.15, 0.2) is 0 Å². The van der Waals surface area contributed by atoms with Crippen molar-refractivity contribution in [1.82, 2.24) is 0 Å². The fourth-order valence-electron chi connectivity index (χ4n) is 1.97. The summed E-state index contributed by atoms with van der Waals surface area (Å²) in [4.78, 5) is 11.8. The minimum atomic E-state index is -0.291. The molecule has 0 aromatic heterocycles. The number of aryl methyl sites for hydroxylation is 1. The standard InChI is InChI=1S/C17H15FN2O/c18-15-3-1-2-14(12-15)6-9-17(21)20-16-7-4-13(5-8-16)10-11-19/h1-5,7-8,12H,6,9-10H2,(H,20,21). The number of hydrogen-bond donors (Lipinski definition) is 1. The number of anilines is 1. The summed E-state index contributed by atoms with van der Waals surface area (Å²) in [5.41, 5.74) is 2.41. The van der Waals surface area contributed by atoms with Crippen molar-refractivity contribution in [2.45, 2.75) is 19.3 Å². The predicted molar refractivity (Wildman–Crippen MR) is 79.1 cm³/mol. The lowest BCUT2D eigenvalue weighted by atomic mass is 10.1. The molecule has 0 aliphatic carbocycles. The third kappa shape index (κ3) is 4.73. The molecule has 0 aliphatic rings. The number of benzene rings is 2. The average Bonchev–Trinajstić information content (AvgIpc) is 2.48. The van der Waals surface area contributed by atoms with Crippen LogP contribution in [0.2, 0.25) is 0 Å². The molecule has 0 radical (unpaired) electrons. The molecule has 0 saturated carbocycles. The second-order valence-electron chi connectivity index (χ2n) is 4.71. The highest BCUT2D eigenvalue weighted by molar-refractivity contribution is 5.90. The van der Waals surface area contributed by atoms with Gasteiger partial charge in [-0.3, -0.25) is 4.79 Å². The second kappa shape index (κ2) is 7.20. The number of carbonyl (C=O) groups excluding carboxylic acids is 1. The summed E-state index contributed by atoms with van der Waals surface area (Å²) >= 11 is 0. The van der Waals surface area contributed by atoms with E-state index in [0.29, 0.717) is 24.9 Å². The number of carbonyl (C=O) groups is 1. The van der Waals surface area contributed by atoms with Crippen LogP contribution in [0.1, 0.15) is 17.5 Å². The van der Waals surface area contributed by atoms with Crippen LogP contribution < -0.4 is 5.32 Å². The average molecular weight is 282 g/mol. The normalized spacial score (nSPS) is 9.90. The molecule has 0 aliphatic heterocycles. The molecule has 0 unspecified atom stereocenters. The Morgan fingerprint density at radius 1 is 1.14 bits per heavy atom. The molecule has 0 heterocycles. The summed E-state index contributed by atoms with van der Waals surface area (Å²) in [6, 6.07) is 15.5. The van der Waals surface area contributed by atoms with Crippen LogP contribution in [0.3, 0.4) is 0 Å². The minimum absolute atomic E-state index is 0.118. The van der Waals surface area contributed by atoms with E-state index in [9.17, 15) is 9.18 Å². The Kier molecular flexibility index (Phi) is 5.05. The van der Waals surface area contributed by atoms with E-state index in [1.165, 1.54) is 12.1 Å². The molecule has 0 bridgehead atoms. The fraction of sp³-hybridized carbons (Fsp3) is 0.176. The van der Waals surface area contributed by atoms with E-state index < -0.39 is 0 Å². The molecule has 0 fully saturated rings. The van der Waals surface area contributed by atoms with Crippen LogP contribution in [0.25, 0.3) is 0 Å². The minimum Gasteiger partial charge on any atom is -0.326 e. The number of hydrogen-bond acceptors (Lipinski definition) is 2. The van der Waals surface area contributed by atoms with E-state index in [-0.39, 0.29) is 11.7 Å². The Balaban J connectivity index is 1.85. The molecule has 1 N–H and O–H groups in total. The molecular formula is C17H15FN2O. The van der Waals surface area contributed by atoms with Gasteiger partial charge in [0.2, 0.25) is 5.91 Å². The number of rotatable bonds is 5. The lowest BCUT2D eigenvalue weighted by molar-refractivity contribution is -0.116. The summed E-state index contributed by atoms with van der Waals surface area (Å²) in [6.07, 6.45) is 1.15. The molecule has 0 spiro atoms. The van der Waals surface area contributed by atoms with Crippen LogP contribution in [0.4, 0.5) is 10.1 Å². The van der Waals surface area contributed by atoms with Gasteiger partial charge in [-0.1, -0.05) is 24.3 Å². The van der Waals surface area contributed by atoms with Gasteiger partial charge < -0.3 is 5.32 Å². The maximum atomic E-state index is 13.0. The van der Waals surface area contributed by atoms with Gasteiger partial charge >= 0.3 is 0 Å². The van der Waals surface area contributed by atoms with Crippen LogP contribution in [-0.2, 0) is 17.6 Å². The largest absolute Gasteiger partial charge is 0.326 e.